The van der Waals surface area contributed by atoms with Gasteiger partial charge in [0.2, 0.25) is 0 Å². The van der Waals surface area contributed by atoms with Crippen molar-refractivity contribution in [3.05, 3.63) is 35.9 Å². The second kappa shape index (κ2) is 12.3. The van der Waals surface area contributed by atoms with Crippen LogP contribution in [0.4, 0.5) is 0 Å². The van der Waals surface area contributed by atoms with E-state index in [-0.39, 0.29) is 0 Å². The summed E-state index contributed by atoms with van der Waals surface area (Å²) in [6.07, 6.45) is 5.04. The fourth-order valence-corrected chi connectivity index (χ4v) is 5.05. The molecule has 0 aliphatic carbocycles. The Balaban J connectivity index is 1.28. The molecule has 2 fully saturated rings. The number of unbranched alkanes of at least 4 members (excludes halogenated alkanes) is 1. The summed E-state index contributed by atoms with van der Waals surface area (Å²) in [6.45, 7) is 13.2. The van der Waals surface area contributed by atoms with Gasteiger partial charge >= 0.3 is 0 Å². The number of nitrogens with one attached hydrogen (secondary N) is 1. The van der Waals surface area contributed by atoms with Crippen molar-refractivity contribution in [3.63, 3.8) is 0 Å². The number of hydrogen-bond donors (Lipinski definition) is 1. The van der Waals surface area contributed by atoms with E-state index < -0.39 is 0 Å². The Morgan fingerprint density at radius 3 is 2.60 bits per heavy atom. The Morgan fingerprint density at radius 1 is 1.10 bits per heavy atom. The Morgan fingerprint density at radius 2 is 1.87 bits per heavy atom. The van der Waals surface area contributed by atoms with Gasteiger partial charge in [0.1, 0.15) is 0 Å². The van der Waals surface area contributed by atoms with Gasteiger partial charge in [-0.25, -0.2) is 0 Å². The summed E-state index contributed by atoms with van der Waals surface area (Å²) in [5, 5.41) is 3.59. The molecule has 0 bridgehead atoms. The van der Waals surface area contributed by atoms with Crippen LogP contribution in [0, 0.1) is 17.8 Å². The van der Waals surface area contributed by atoms with E-state index in [1.54, 1.807) is 0 Å². The molecular formula is C25H42N4O. The van der Waals surface area contributed by atoms with Crippen LogP contribution in [0.3, 0.4) is 0 Å². The number of aliphatic imine (C=N–C) groups is 1. The van der Waals surface area contributed by atoms with Gasteiger partial charge in [0.25, 0.3) is 0 Å². The quantitative estimate of drug-likeness (QED) is 0.378. The first-order chi connectivity index (χ1) is 14.6. The number of guanidine groups is 1. The van der Waals surface area contributed by atoms with Crippen LogP contribution in [0.25, 0.3) is 0 Å². The van der Waals surface area contributed by atoms with E-state index >= 15 is 0 Å². The first-order valence-electron chi connectivity index (χ1n) is 11.9. The number of hydrogen-bond acceptors (Lipinski definition) is 3. The molecule has 3 atom stereocenters. The molecule has 2 saturated heterocycles. The monoisotopic (exact) mass is 414 g/mol. The van der Waals surface area contributed by atoms with E-state index in [4.69, 9.17) is 4.74 Å². The number of benzene rings is 1. The molecule has 1 aromatic rings. The molecular weight excluding hydrogens is 372 g/mol. The highest BCUT2D eigenvalue weighted by molar-refractivity contribution is 5.80. The number of nitrogens with zero attached hydrogens (tertiary/aromatic N) is 3. The molecule has 0 aromatic heterocycles. The lowest BCUT2D eigenvalue weighted by Gasteiger charge is -2.35. The zero-order valence-electron chi connectivity index (χ0n) is 19.4. The van der Waals surface area contributed by atoms with Crippen molar-refractivity contribution in [2.45, 2.75) is 46.1 Å². The average molecular weight is 415 g/mol. The normalized spacial score (nSPS) is 25.6. The van der Waals surface area contributed by atoms with Crippen molar-refractivity contribution in [1.82, 2.24) is 15.1 Å². The molecule has 0 amide bonds. The summed E-state index contributed by atoms with van der Waals surface area (Å²) in [5.41, 5.74) is 1.25. The molecule has 1 N–H and O–H groups in total. The standard InChI is InChI=1S/C25H42N4O/c1-21-15-22(2)17-28(16-21)13-8-7-12-27-25(26-3)29-14-11-24(18-29)20-30-19-23-9-5-4-6-10-23/h4-6,9-10,21-22,24H,7-8,11-20H2,1-3H3,(H,26,27). The average Bonchev–Trinajstić information content (AvgIpc) is 3.19. The second-order valence-electron chi connectivity index (χ2n) is 9.49. The van der Waals surface area contributed by atoms with Crippen LogP contribution < -0.4 is 5.32 Å². The lowest BCUT2D eigenvalue weighted by atomic mass is 9.92. The third-order valence-electron chi connectivity index (χ3n) is 6.39. The van der Waals surface area contributed by atoms with Crippen molar-refractivity contribution in [2.24, 2.45) is 22.7 Å². The SMILES string of the molecule is CN=C(NCCCCN1CC(C)CC(C)C1)N1CCC(COCc2ccccc2)C1. The first kappa shape index (κ1) is 23.1. The van der Waals surface area contributed by atoms with Gasteiger partial charge in [-0.15, -0.1) is 0 Å². The maximum absolute atomic E-state index is 5.96. The van der Waals surface area contributed by atoms with Gasteiger partial charge in [-0.3, -0.25) is 4.99 Å². The topological polar surface area (TPSA) is 40.1 Å². The number of piperidine rings is 1. The fraction of sp³-hybridized carbons (Fsp3) is 0.720. The van der Waals surface area contributed by atoms with Gasteiger partial charge in [0.15, 0.2) is 5.96 Å². The van der Waals surface area contributed by atoms with Gasteiger partial charge in [0.05, 0.1) is 13.2 Å². The molecule has 0 saturated carbocycles. The van der Waals surface area contributed by atoms with E-state index in [9.17, 15) is 0 Å². The van der Waals surface area contributed by atoms with Crippen LogP contribution in [-0.2, 0) is 11.3 Å². The third-order valence-corrected chi connectivity index (χ3v) is 6.39. The molecule has 3 rings (SSSR count). The van der Waals surface area contributed by atoms with Gasteiger partial charge in [-0.2, -0.15) is 0 Å². The van der Waals surface area contributed by atoms with Crippen LogP contribution in [0.1, 0.15) is 45.1 Å². The van der Waals surface area contributed by atoms with Crippen molar-refractivity contribution in [1.29, 1.82) is 0 Å². The van der Waals surface area contributed by atoms with E-state index in [1.165, 1.54) is 50.9 Å². The van der Waals surface area contributed by atoms with Gasteiger partial charge in [0, 0.05) is 45.7 Å². The Labute approximate surface area is 183 Å². The largest absolute Gasteiger partial charge is 0.376 e. The molecule has 5 heteroatoms. The molecule has 2 aliphatic heterocycles. The molecule has 0 spiro atoms. The molecule has 30 heavy (non-hydrogen) atoms. The Kier molecular flexibility index (Phi) is 9.47. The predicted octanol–water partition coefficient (Wildman–Crippen LogP) is 3.86. The minimum atomic E-state index is 0.593. The molecule has 3 unspecified atom stereocenters. The minimum Gasteiger partial charge on any atom is -0.376 e. The number of rotatable bonds is 9. The second-order valence-corrected chi connectivity index (χ2v) is 9.49. The van der Waals surface area contributed by atoms with Crippen molar-refractivity contribution in [3.8, 4) is 0 Å². The molecule has 5 nitrogen and oxygen atoms in total. The van der Waals surface area contributed by atoms with E-state index in [1.807, 2.05) is 13.1 Å². The molecule has 1 aromatic carbocycles. The summed E-state index contributed by atoms with van der Waals surface area (Å²) in [5.74, 6) is 3.35. The maximum atomic E-state index is 5.96. The van der Waals surface area contributed by atoms with Crippen LogP contribution in [0.15, 0.2) is 35.3 Å². The van der Waals surface area contributed by atoms with Crippen LogP contribution in [0.2, 0.25) is 0 Å². The predicted molar refractivity (Wildman–Crippen MR) is 126 cm³/mol. The molecule has 0 radical (unpaired) electrons. The zero-order valence-corrected chi connectivity index (χ0v) is 19.4. The highest BCUT2D eigenvalue weighted by atomic mass is 16.5. The highest BCUT2D eigenvalue weighted by Gasteiger charge is 2.25. The number of likely N-dealkylation sites (tertiary alicyclic amines) is 2. The Bertz CT molecular complexity index is 625. The first-order valence-corrected chi connectivity index (χ1v) is 11.9. The van der Waals surface area contributed by atoms with E-state index in [0.29, 0.717) is 12.5 Å². The lowest BCUT2D eigenvalue weighted by molar-refractivity contribution is 0.0906. The van der Waals surface area contributed by atoms with Crippen LogP contribution in [0.5, 0.6) is 0 Å². The zero-order chi connectivity index (χ0) is 21.2. The molecule has 2 heterocycles. The highest BCUT2D eigenvalue weighted by Crippen LogP contribution is 2.21. The smallest absolute Gasteiger partial charge is 0.193 e. The van der Waals surface area contributed by atoms with Crippen molar-refractivity contribution < 1.29 is 4.74 Å². The van der Waals surface area contributed by atoms with Crippen LogP contribution >= 0.6 is 0 Å². The summed E-state index contributed by atoms with van der Waals surface area (Å²) in [4.78, 5) is 9.57. The van der Waals surface area contributed by atoms with Gasteiger partial charge in [-0.05, 0) is 49.6 Å². The lowest BCUT2D eigenvalue weighted by Crippen LogP contribution is -2.41. The number of ether oxygens (including phenoxy) is 1. The summed E-state index contributed by atoms with van der Waals surface area (Å²) >= 11 is 0. The van der Waals surface area contributed by atoms with Crippen LogP contribution in [-0.4, -0.2) is 68.7 Å². The maximum Gasteiger partial charge on any atom is 0.193 e. The summed E-state index contributed by atoms with van der Waals surface area (Å²) < 4.78 is 5.96. The molecule has 168 valence electrons. The minimum absolute atomic E-state index is 0.593. The fourth-order valence-electron chi connectivity index (χ4n) is 5.05. The Hall–Kier alpha value is -1.59. The van der Waals surface area contributed by atoms with E-state index in [2.05, 4.69) is 58.2 Å². The van der Waals surface area contributed by atoms with Crippen molar-refractivity contribution in [2.75, 3.05) is 52.9 Å². The molecule has 2 aliphatic rings. The van der Waals surface area contributed by atoms with E-state index in [0.717, 1.165) is 44.0 Å². The summed E-state index contributed by atoms with van der Waals surface area (Å²) in [7, 11) is 1.90. The van der Waals surface area contributed by atoms with Crippen molar-refractivity contribution >= 4 is 5.96 Å². The summed E-state index contributed by atoms with van der Waals surface area (Å²) in [6, 6.07) is 10.4. The van der Waals surface area contributed by atoms with Gasteiger partial charge in [-0.1, -0.05) is 44.2 Å². The third kappa shape index (κ3) is 7.59. The van der Waals surface area contributed by atoms with Gasteiger partial charge < -0.3 is 19.9 Å².